The van der Waals surface area contributed by atoms with Crippen LogP contribution in [0.5, 0.6) is 0 Å². The second kappa shape index (κ2) is 2.79. The SMILES string of the molecule is N[C@@H]1[C@@H]2NC(=O)[C@@H]3C[C@H]1C1(CCOCC1)[C@@H]23. The lowest BCUT2D eigenvalue weighted by molar-refractivity contribution is -0.122. The van der Waals surface area contributed by atoms with Crippen LogP contribution in [-0.4, -0.2) is 31.2 Å². The highest BCUT2D eigenvalue weighted by molar-refractivity contribution is 5.83. The fraction of sp³-hybridized carbons (Fsp3) is 0.917. The van der Waals surface area contributed by atoms with E-state index in [2.05, 4.69) is 5.32 Å². The maximum absolute atomic E-state index is 11.9. The van der Waals surface area contributed by atoms with Crippen molar-refractivity contribution in [1.29, 1.82) is 0 Å². The van der Waals surface area contributed by atoms with E-state index < -0.39 is 0 Å². The van der Waals surface area contributed by atoms with Gasteiger partial charge in [0.15, 0.2) is 0 Å². The molecule has 88 valence electrons. The Morgan fingerprint density at radius 1 is 1.38 bits per heavy atom. The van der Waals surface area contributed by atoms with E-state index in [0.717, 1.165) is 32.5 Å². The van der Waals surface area contributed by atoms with Gasteiger partial charge in [-0.25, -0.2) is 0 Å². The van der Waals surface area contributed by atoms with Gasteiger partial charge in [-0.2, -0.15) is 0 Å². The maximum atomic E-state index is 11.9. The Morgan fingerprint density at radius 3 is 2.88 bits per heavy atom. The molecule has 0 aromatic carbocycles. The number of carbonyl (C=O) groups excluding carboxylic acids is 1. The summed E-state index contributed by atoms with van der Waals surface area (Å²) in [5.74, 6) is 1.57. The van der Waals surface area contributed by atoms with E-state index in [1.54, 1.807) is 0 Å². The highest BCUT2D eigenvalue weighted by Gasteiger charge is 2.70. The van der Waals surface area contributed by atoms with Crippen LogP contribution in [0.2, 0.25) is 0 Å². The molecule has 1 spiro atoms. The lowest BCUT2D eigenvalue weighted by atomic mass is 9.70. The van der Waals surface area contributed by atoms with E-state index in [1.807, 2.05) is 0 Å². The molecule has 4 nitrogen and oxygen atoms in total. The van der Waals surface area contributed by atoms with Crippen molar-refractivity contribution in [3.63, 3.8) is 0 Å². The molecule has 4 heteroatoms. The highest BCUT2D eigenvalue weighted by Crippen LogP contribution is 2.66. The molecule has 2 saturated heterocycles. The Bertz CT molecular complexity index is 351. The van der Waals surface area contributed by atoms with Gasteiger partial charge in [0.2, 0.25) is 5.91 Å². The van der Waals surface area contributed by atoms with Gasteiger partial charge in [-0.05, 0) is 36.5 Å². The summed E-state index contributed by atoms with van der Waals surface area (Å²) in [6.07, 6.45) is 3.24. The summed E-state index contributed by atoms with van der Waals surface area (Å²) in [5, 5.41) is 3.12. The summed E-state index contributed by atoms with van der Waals surface area (Å²) in [4.78, 5) is 11.9. The predicted molar refractivity (Wildman–Crippen MR) is 57.5 cm³/mol. The summed E-state index contributed by atoms with van der Waals surface area (Å²) < 4.78 is 5.49. The second-order valence-corrected chi connectivity index (χ2v) is 5.93. The molecule has 2 aliphatic carbocycles. The summed E-state index contributed by atoms with van der Waals surface area (Å²) in [5.41, 5.74) is 6.64. The van der Waals surface area contributed by atoms with Gasteiger partial charge in [0.1, 0.15) is 0 Å². The molecule has 0 radical (unpaired) electrons. The Balaban J connectivity index is 1.79. The molecule has 2 saturated carbocycles. The zero-order valence-electron chi connectivity index (χ0n) is 9.32. The van der Waals surface area contributed by atoms with Gasteiger partial charge >= 0.3 is 0 Å². The Hall–Kier alpha value is -0.610. The summed E-state index contributed by atoms with van der Waals surface area (Å²) in [6, 6.07) is 0.445. The smallest absolute Gasteiger partial charge is 0.223 e. The lowest BCUT2D eigenvalue weighted by Gasteiger charge is -2.38. The molecule has 4 rings (SSSR count). The fourth-order valence-electron chi connectivity index (χ4n) is 5.12. The van der Waals surface area contributed by atoms with Crippen LogP contribution in [0.1, 0.15) is 19.3 Å². The van der Waals surface area contributed by atoms with Crippen molar-refractivity contribution in [2.24, 2.45) is 28.9 Å². The Kier molecular flexibility index (Phi) is 1.65. The molecule has 2 bridgehead atoms. The van der Waals surface area contributed by atoms with Crippen LogP contribution in [0.15, 0.2) is 0 Å². The first kappa shape index (κ1) is 9.42. The molecule has 4 fully saturated rings. The minimum Gasteiger partial charge on any atom is -0.381 e. The molecule has 2 aliphatic heterocycles. The van der Waals surface area contributed by atoms with Gasteiger partial charge < -0.3 is 15.8 Å². The van der Waals surface area contributed by atoms with Crippen LogP contribution < -0.4 is 11.1 Å². The normalized spacial score (nSPS) is 52.3. The van der Waals surface area contributed by atoms with Crippen LogP contribution in [-0.2, 0) is 9.53 Å². The number of ether oxygens (including phenoxy) is 1. The van der Waals surface area contributed by atoms with Gasteiger partial charge in [-0.3, -0.25) is 4.79 Å². The van der Waals surface area contributed by atoms with E-state index in [-0.39, 0.29) is 23.9 Å². The summed E-state index contributed by atoms with van der Waals surface area (Å²) in [7, 11) is 0. The minimum absolute atomic E-state index is 0.186. The molecule has 0 unspecified atom stereocenters. The summed E-state index contributed by atoms with van der Waals surface area (Å²) >= 11 is 0. The standard InChI is InChI=1S/C12H18N2O2/c13-9-7-5-6-8(10(9)14-11(6)15)12(7)1-3-16-4-2-12/h6-10H,1-5,13H2,(H,14,15)/t6-,7-,8-,9+,10-/m1/s1. The van der Waals surface area contributed by atoms with Crippen molar-refractivity contribution in [3.05, 3.63) is 0 Å². The average molecular weight is 222 g/mol. The van der Waals surface area contributed by atoms with Crippen LogP contribution in [0.4, 0.5) is 0 Å². The van der Waals surface area contributed by atoms with Crippen LogP contribution in [0.25, 0.3) is 0 Å². The van der Waals surface area contributed by atoms with E-state index in [0.29, 0.717) is 17.3 Å². The first-order valence-corrected chi connectivity index (χ1v) is 6.38. The number of hydrogen-bond acceptors (Lipinski definition) is 3. The molecule has 0 aromatic heterocycles. The molecule has 4 aliphatic rings. The molecule has 5 atom stereocenters. The molecule has 16 heavy (non-hydrogen) atoms. The number of rotatable bonds is 0. The third kappa shape index (κ3) is 0.843. The minimum atomic E-state index is 0.186. The maximum Gasteiger partial charge on any atom is 0.223 e. The van der Waals surface area contributed by atoms with Gasteiger partial charge in [0.05, 0.1) is 0 Å². The fourth-order valence-corrected chi connectivity index (χ4v) is 5.12. The van der Waals surface area contributed by atoms with Gasteiger partial charge in [-0.15, -0.1) is 0 Å². The molecule has 0 aromatic rings. The van der Waals surface area contributed by atoms with Crippen LogP contribution in [0, 0.1) is 23.2 Å². The Morgan fingerprint density at radius 2 is 2.12 bits per heavy atom. The number of amides is 1. The van der Waals surface area contributed by atoms with Gasteiger partial charge in [-0.1, -0.05) is 0 Å². The van der Waals surface area contributed by atoms with Crippen molar-refractivity contribution in [3.8, 4) is 0 Å². The largest absolute Gasteiger partial charge is 0.381 e. The molecular weight excluding hydrogens is 204 g/mol. The van der Waals surface area contributed by atoms with Crippen molar-refractivity contribution in [2.45, 2.75) is 31.3 Å². The first-order chi connectivity index (χ1) is 7.74. The molecule has 2 heterocycles. The molecule has 3 N–H and O–H groups in total. The lowest BCUT2D eigenvalue weighted by Crippen LogP contribution is -2.44. The third-order valence-electron chi connectivity index (χ3n) is 5.68. The topological polar surface area (TPSA) is 64.3 Å². The van der Waals surface area contributed by atoms with Crippen molar-refractivity contribution >= 4 is 5.91 Å². The van der Waals surface area contributed by atoms with E-state index in [4.69, 9.17) is 10.5 Å². The number of carbonyl (C=O) groups is 1. The zero-order valence-corrected chi connectivity index (χ0v) is 9.32. The van der Waals surface area contributed by atoms with E-state index in [9.17, 15) is 4.79 Å². The van der Waals surface area contributed by atoms with Gasteiger partial charge in [0, 0.05) is 31.2 Å². The monoisotopic (exact) mass is 222 g/mol. The highest BCUT2D eigenvalue weighted by atomic mass is 16.5. The molecular formula is C12H18N2O2. The predicted octanol–water partition coefficient (Wildman–Crippen LogP) is -0.125. The van der Waals surface area contributed by atoms with Crippen molar-refractivity contribution in [1.82, 2.24) is 5.32 Å². The van der Waals surface area contributed by atoms with Crippen LogP contribution in [0.3, 0.4) is 0 Å². The quantitative estimate of drug-likeness (QED) is 0.600. The number of nitrogens with one attached hydrogen (secondary N) is 1. The first-order valence-electron chi connectivity index (χ1n) is 6.38. The van der Waals surface area contributed by atoms with Crippen molar-refractivity contribution in [2.75, 3.05) is 13.2 Å². The van der Waals surface area contributed by atoms with Crippen LogP contribution >= 0.6 is 0 Å². The molecule has 1 amide bonds. The third-order valence-corrected chi connectivity index (χ3v) is 5.68. The van der Waals surface area contributed by atoms with E-state index in [1.165, 1.54) is 0 Å². The second-order valence-electron chi connectivity index (χ2n) is 5.93. The number of nitrogens with two attached hydrogens (primary N) is 1. The average Bonchev–Trinajstić information content (AvgIpc) is 2.81. The summed E-state index contributed by atoms with van der Waals surface area (Å²) in [6.45, 7) is 1.71. The van der Waals surface area contributed by atoms with Crippen molar-refractivity contribution < 1.29 is 9.53 Å². The van der Waals surface area contributed by atoms with E-state index >= 15 is 0 Å². The van der Waals surface area contributed by atoms with Gasteiger partial charge in [0.25, 0.3) is 0 Å². The number of hydrogen-bond donors (Lipinski definition) is 2. The zero-order chi connectivity index (χ0) is 10.9. The Labute approximate surface area is 94.9 Å².